The molecule has 8 heteroatoms. The molecule has 0 aliphatic rings. The summed E-state index contributed by atoms with van der Waals surface area (Å²) in [7, 11) is 0. The Kier molecular flexibility index (Phi) is 6.75. The summed E-state index contributed by atoms with van der Waals surface area (Å²) in [4.78, 5) is 42.7. The first-order valence-corrected chi connectivity index (χ1v) is 11.1. The van der Waals surface area contributed by atoms with Crippen molar-refractivity contribution in [2.75, 3.05) is 11.9 Å². The molecule has 0 atom stereocenters. The Morgan fingerprint density at radius 2 is 1.88 bits per heavy atom. The summed E-state index contributed by atoms with van der Waals surface area (Å²) in [5, 5.41) is 3.26. The number of carbonyl (C=O) groups is 2. The van der Waals surface area contributed by atoms with Crippen LogP contribution in [0.2, 0.25) is 0 Å². The summed E-state index contributed by atoms with van der Waals surface area (Å²) in [6.07, 6.45) is 4.38. The van der Waals surface area contributed by atoms with Crippen molar-refractivity contribution in [2.24, 2.45) is 0 Å². The van der Waals surface area contributed by atoms with Crippen LogP contribution in [-0.4, -0.2) is 28.0 Å². The number of hydrogen-bond donors (Lipinski definition) is 1. The predicted molar refractivity (Wildman–Crippen MR) is 130 cm³/mol. The molecule has 166 valence electrons. The number of esters is 1. The lowest BCUT2D eigenvalue weighted by atomic mass is 10.2. The van der Waals surface area contributed by atoms with Crippen LogP contribution in [0, 0.1) is 0 Å². The maximum Gasteiger partial charge on any atom is 0.330 e. The number of hydrogen-bond acceptors (Lipinski definition) is 6. The first-order valence-electron chi connectivity index (χ1n) is 10.3. The summed E-state index contributed by atoms with van der Waals surface area (Å²) in [5.41, 5.74) is 2.13. The van der Waals surface area contributed by atoms with Crippen molar-refractivity contribution >= 4 is 45.2 Å². The third kappa shape index (κ3) is 5.42. The van der Waals surface area contributed by atoms with E-state index in [0.717, 1.165) is 16.0 Å². The number of ether oxygens (including phenoxy) is 1. The van der Waals surface area contributed by atoms with Crippen molar-refractivity contribution in [1.82, 2.24) is 9.55 Å². The van der Waals surface area contributed by atoms with Crippen molar-refractivity contribution in [3.05, 3.63) is 89.0 Å². The Labute approximate surface area is 194 Å². The lowest BCUT2D eigenvalue weighted by Gasteiger charge is -2.07. The van der Waals surface area contributed by atoms with E-state index in [1.165, 1.54) is 28.3 Å². The number of thiophene rings is 1. The Hall–Kier alpha value is -4.04. The molecule has 4 rings (SSSR count). The van der Waals surface area contributed by atoms with Crippen molar-refractivity contribution in [3.8, 4) is 10.4 Å². The average molecular weight is 460 g/mol. The van der Waals surface area contributed by atoms with Crippen molar-refractivity contribution in [2.45, 2.75) is 13.5 Å². The van der Waals surface area contributed by atoms with Gasteiger partial charge < -0.3 is 10.1 Å². The van der Waals surface area contributed by atoms with E-state index in [2.05, 4.69) is 10.3 Å². The van der Waals surface area contributed by atoms with Gasteiger partial charge in [-0.05, 0) is 42.3 Å². The number of fused-ring (bicyclic) bond motifs is 1. The van der Waals surface area contributed by atoms with E-state index in [-0.39, 0.29) is 18.0 Å². The fraction of sp³-hybridized carbons (Fsp3) is 0.120. The number of nitrogens with one attached hydrogen (secondary N) is 1. The molecule has 7 nitrogen and oxygen atoms in total. The van der Waals surface area contributed by atoms with Crippen LogP contribution >= 0.6 is 11.3 Å². The molecule has 0 fully saturated rings. The Bertz CT molecular complexity index is 1370. The van der Waals surface area contributed by atoms with Gasteiger partial charge in [-0.15, -0.1) is 11.3 Å². The second-order valence-electron chi connectivity index (χ2n) is 7.13. The highest BCUT2D eigenvalue weighted by atomic mass is 32.1. The van der Waals surface area contributed by atoms with Crippen molar-refractivity contribution in [3.63, 3.8) is 0 Å². The molecule has 2 heterocycles. The molecule has 0 saturated carbocycles. The molecular formula is C25H21N3O4S. The lowest BCUT2D eigenvalue weighted by Crippen LogP contribution is -2.27. The minimum Gasteiger partial charge on any atom is -0.463 e. The first-order chi connectivity index (χ1) is 16.0. The lowest BCUT2D eigenvalue weighted by molar-refractivity contribution is -0.137. The van der Waals surface area contributed by atoms with Gasteiger partial charge in [0.1, 0.15) is 11.4 Å². The molecule has 0 aliphatic carbocycles. The quantitative estimate of drug-likeness (QED) is 0.328. The van der Waals surface area contributed by atoms with Gasteiger partial charge in [-0.1, -0.05) is 42.5 Å². The van der Waals surface area contributed by atoms with Gasteiger partial charge in [-0.2, -0.15) is 0 Å². The largest absolute Gasteiger partial charge is 0.463 e. The van der Waals surface area contributed by atoms with Crippen LogP contribution in [0.15, 0.2) is 77.9 Å². The van der Waals surface area contributed by atoms with E-state index in [1.54, 1.807) is 37.3 Å². The SMILES string of the molecule is CCOC(=O)/C=C/c1ccc(NC(=O)Cn2cnc3sc(-c4ccccc4)cc3c2=O)cc1. The highest BCUT2D eigenvalue weighted by Gasteiger charge is 2.12. The Morgan fingerprint density at radius 3 is 2.61 bits per heavy atom. The molecule has 0 aliphatic heterocycles. The molecule has 2 aromatic carbocycles. The van der Waals surface area contributed by atoms with E-state index < -0.39 is 5.97 Å². The van der Waals surface area contributed by atoms with Gasteiger partial charge >= 0.3 is 5.97 Å². The number of amides is 1. The fourth-order valence-electron chi connectivity index (χ4n) is 3.20. The second-order valence-corrected chi connectivity index (χ2v) is 8.16. The zero-order valence-corrected chi connectivity index (χ0v) is 18.7. The molecule has 1 N–H and O–H groups in total. The maximum absolute atomic E-state index is 12.9. The van der Waals surface area contributed by atoms with Crippen molar-refractivity contribution < 1.29 is 14.3 Å². The van der Waals surface area contributed by atoms with Gasteiger partial charge in [0, 0.05) is 16.6 Å². The number of anilines is 1. The molecule has 0 saturated heterocycles. The van der Waals surface area contributed by atoms with Gasteiger partial charge in [0.2, 0.25) is 5.91 Å². The predicted octanol–water partition coefficient (Wildman–Crippen LogP) is 4.34. The van der Waals surface area contributed by atoms with Gasteiger partial charge in [-0.3, -0.25) is 14.2 Å². The molecule has 4 aromatic rings. The van der Waals surface area contributed by atoms with E-state index in [1.807, 2.05) is 36.4 Å². The zero-order chi connectivity index (χ0) is 23.2. The molecule has 0 unspecified atom stereocenters. The van der Waals surface area contributed by atoms with E-state index in [0.29, 0.717) is 22.5 Å². The van der Waals surface area contributed by atoms with Gasteiger partial charge in [0.15, 0.2) is 0 Å². The fourth-order valence-corrected chi connectivity index (χ4v) is 4.20. The third-order valence-corrected chi connectivity index (χ3v) is 5.88. The van der Waals surface area contributed by atoms with Crippen LogP contribution in [-0.2, 0) is 20.9 Å². The number of benzene rings is 2. The van der Waals surface area contributed by atoms with E-state index >= 15 is 0 Å². The topological polar surface area (TPSA) is 90.3 Å². The summed E-state index contributed by atoms with van der Waals surface area (Å²) < 4.78 is 6.14. The van der Waals surface area contributed by atoms with Gasteiger partial charge in [-0.25, -0.2) is 9.78 Å². The Balaban J connectivity index is 1.44. The van der Waals surface area contributed by atoms with Crippen LogP contribution in [0.4, 0.5) is 5.69 Å². The van der Waals surface area contributed by atoms with Crippen LogP contribution < -0.4 is 10.9 Å². The van der Waals surface area contributed by atoms with E-state index in [9.17, 15) is 14.4 Å². The molecule has 1 amide bonds. The van der Waals surface area contributed by atoms with Crippen LogP contribution in [0.3, 0.4) is 0 Å². The summed E-state index contributed by atoms with van der Waals surface area (Å²) >= 11 is 1.44. The first kappa shape index (κ1) is 22.2. The third-order valence-electron chi connectivity index (χ3n) is 4.78. The summed E-state index contributed by atoms with van der Waals surface area (Å²) in [6.45, 7) is 1.91. The summed E-state index contributed by atoms with van der Waals surface area (Å²) in [6, 6.07) is 18.6. The number of nitrogens with zero attached hydrogens (tertiary/aromatic N) is 2. The van der Waals surface area contributed by atoms with Gasteiger partial charge in [0.05, 0.1) is 18.3 Å². The Morgan fingerprint density at radius 1 is 1.12 bits per heavy atom. The standard InChI is InChI=1S/C25H21N3O4S/c1-2-32-23(30)13-10-17-8-11-19(12-9-17)27-22(29)15-28-16-26-24-20(25(28)31)14-21(33-24)18-6-4-3-5-7-18/h3-14,16H,2,15H2,1H3,(H,27,29)/b13-10+. The molecule has 0 spiro atoms. The molecule has 33 heavy (non-hydrogen) atoms. The number of aromatic nitrogens is 2. The average Bonchev–Trinajstić information content (AvgIpc) is 3.27. The highest BCUT2D eigenvalue weighted by Crippen LogP contribution is 2.30. The number of carbonyl (C=O) groups excluding carboxylic acids is 2. The van der Waals surface area contributed by atoms with Crippen LogP contribution in [0.25, 0.3) is 26.7 Å². The monoisotopic (exact) mass is 459 g/mol. The van der Waals surface area contributed by atoms with Crippen LogP contribution in [0.1, 0.15) is 12.5 Å². The van der Waals surface area contributed by atoms with Gasteiger partial charge in [0.25, 0.3) is 5.56 Å². The van der Waals surface area contributed by atoms with Crippen molar-refractivity contribution in [1.29, 1.82) is 0 Å². The van der Waals surface area contributed by atoms with Crippen LogP contribution in [0.5, 0.6) is 0 Å². The molecule has 2 aromatic heterocycles. The maximum atomic E-state index is 12.9. The van der Waals surface area contributed by atoms with E-state index in [4.69, 9.17) is 4.74 Å². The smallest absolute Gasteiger partial charge is 0.330 e. The molecule has 0 bridgehead atoms. The number of rotatable bonds is 7. The zero-order valence-electron chi connectivity index (χ0n) is 17.9. The normalized spacial score (nSPS) is 11.1. The second kappa shape index (κ2) is 10.1. The molecule has 0 radical (unpaired) electrons. The minimum absolute atomic E-state index is 0.150. The highest BCUT2D eigenvalue weighted by molar-refractivity contribution is 7.21. The molecular weight excluding hydrogens is 438 g/mol. The minimum atomic E-state index is -0.410. The summed E-state index contributed by atoms with van der Waals surface area (Å²) in [5.74, 6) is -0.751.